The molecule has 2 aromatic carbocycles. The predicted molar refractivity (Wildman–Crippen MR) is 75.6 cm³/mol. The Hall–Kier alpha value is -2.24. The fraction of sp³-hybridized carbons (Fsp3) is 0.176. The van der Waals surface area contributed by atoms with E-state index in [0.29, 0.717) is 6.61 Å². The van der Waals surface area contributed by atoms with Crippen molar-refractivity contribution < 1.29 is 9.84 Å². The van der Waals surface area contributed by atoms with Crippen LogP contribution in [0, 0.1) is 11.8 Å². The smallest absolute Gasteiger partial charge is 0.140 e. The van der Waals surface area contributed by atoms with Crippen molar-refractivity contribution in [3.63, 3.8) is 0 Å². The predicted octanol–water partition coefficient (Wildman–Crippen LogP) is 3.32. The maximum absolute atomic E-state index is 9.70. The highest BCUT2D eigenvalue weighted by Gasteiger charge is 2.03. The number of ether oxygens (including phenoxy) is 1. The van der Waals surface area contributed by atoms with Crippen molar-refractivity contribution in [3.05, 3.63) is 65.7 Å². The molecule has 0 aliphatic rings. The summed E-state index contributed by atoms with van der Waals surface area (Å²) in [6, 6.07) is 17.4. The second kappa shape index (κ2) is 6.63. The molecule has 0 aliphatic carbocycles. The molecule has 0 fully saturated rings. The summed E-state index contributed by atoms with van der Waals surface area (Å²) in [5, 5.41) is 9.70. The van der Waals surface area contributed by atoms with Gasteiger partial charge in [-0.3, -0.25) is 0 Å². The first-order valence-electron chi connectivity index (χ1n) is 6.16. The highest BCUT2D eigenvalue weighted by atomic mass is 16.5. The van der Waals surface area contributed by atoms with Crippen LogP contribution in [0.4, 0.5) is 0 Å². The lowest BCUT2D eigenvalue weighted by molar-refractivity contribution is 0.238. The molecule has 1 N–H and O–H groups in total. The van der Waals surface area contributed by atoms with Gasteiger partial charge in [0.2, 0.25) is 0 Å². The van der Waals surface area contributed by atoms with Crippen LogP contribution >= 0.6 is 0 Å². The van der Waals surface area contributed by atoms with Crippen LogP contribution in [0.5, 0.6) is 5.75 Å². The Balaban J connectivity index is 1.97. The highest BCUT2D eigenvalue weighted by Crippen LogP contribution is 2.18. The van der Waals surface area contributed by atoms with Gasteiger partial charge in [-0.1, -0.05) is 48.4 Å². The number of benzene rings is 2. The molecular weight excluding hydrogens is 236 g/mol. The number of rotatable bonds is 4. The van der Waals surface area contributed by atoms with E-state index in [1.807, 2.05) is 54.6 Å². The largest absolute Gasteiger partial charge is 0.489 e. The molecule has 0 radical (unpaired) electrons. The van der Waals surface area contributed by atoms with Crippen LogP contribution in [-0.2, 0) is 6.61 Å². The average molecular weight is 252 g/mol. The normalized spacial score (nSPS) is 11.3. The lowest BCUT2D eigenvalue weighted by Gasteiger charge is -2.08. The van der Waals surface area contributed by atoms with Gasteiger partial charge in [0.1, 0.15) is 18.5 Å². The van der Waals surface area contributed by atoms with Crippen molar-refractivity contribution in [3.8, 4) is 17.6 Å². The molecule has 0 bridgehead atoms. The Morgan fingerprint density at radius 3 is 2.37 bits per heavy atom. The summed E-state index contributed by atoms with van der Waals surface area (Å²) in [6.45, 7) is 2.25. The van der Waals surface area contributed by atoms with Crippen molar-refractivity contribution in [2.24, 2.45) is 0 Å². The lowest BCUT2D eigenvalue weighted by atomic mass is 10.1. The maximum atomic E-state index is 9.70. The molecule has 2 rings (SSSR count). The van der Waals surface area contributed by atoms with Gasteiger partial charge in [-0.25, -0.2) is 0 Å². The van der Waals surface area contributed by atoms with E-state index in [2.05, 4.69) is 11.8 Å². The molecule has 1 unspecified atom stereocenters. The summed E-state index contributed by atoms with van der Waals surface area (Å²) in [5.74, 6) is 6.18. The third kappa shape index (κ3) is 3.87. The summed E-state index contributed by atoms with van der Waals surface area (Å²) >= 11 is 0. The van der Waals surface area contributed by atoms with Gasteiger partial charge < -0.3 is 9.84 Å². The molecule has 0 aromatic heterocycles. The summed E-state index contributed by atoms with van der Waals surface area (Å²) in [5.41, 5.74) is 1.91. The van der Waals surface area contributed by atoms with E-state index >= 15 is 0 Å². The molecular formula is C17H16O2. The van der Waals surface area contributed by atoms with Crippen molar-refractivity contribution in [2.45, 2.75) is 19.6 Å². The molecule has 0 saturated carbocycles. The summed E-state index contributed by atoms with van der Waals surface area (Å²) in [6.07, 6.45) is -0.729. The minimum absolute atomic E-state index is 0.539. The van der Waals surface area contributed by atoms with E-state index in [0.717, 1.165) is 16.9 Å². The first-order chi connectivity index (χ1) is 9.29. The van der Waals surface area contributed by atoms with Crippen LogP contribution in [-0.4, -0.2) is 5.11 Å². The second-order valence-electron chi connectivity index (χ2n) is 4.14. The summed E-state index contributed by atoms with van der Waals surface area (Å²) in [7, 11) is 0. The average Bonchev–Trinajstić information content (AvgIpc) is 2.47. The Morgan fingerprint density at radius 1 is 1.05 bits per heavy atom. The van der Waals surface area contributed by atoms with Crippen LogP contribution in [0.3, 0.4) is 0 Å². The zero-order valence-corrected chi connectivity index (χ0v) is 10.8. The van der Waals surface area contributed by atoms with Crippen LogP contribution in [0.1, 0.15) is 24.2 Å². The number of aliphatic hydroxyl groups excluding tert-OH is 1. The Morgan fingerprint density at radius 2 is 1.74 bits per heavy atom. The fourth-order valence-electron chi connectivity index (χ4n) is 1.71. The Kier molecular flexibility index (Phi) is 4.60. The molecule has 1 atom stereocenters. The first kappa shape index (κ1) is 13.2. The third-order valence-electron chi connectivity index (χ3n) is 2.73. The van der Waals surface area contributed by atoms with Gasteiger partial charge in [0.25, 0.3) is 0 Å². The monoisotopic (exact) mass is 252 g/mol. The minimum atomic E-state index is -0.729. The van der Waals surface area contributed by atoms with E-state index in [1.165, 1.54) is 0 Å². The topological polar surface area (TPSA) is 29.5 Å². The molecule has 2 aromatic rings. The van der Waals surface area contributed by atoms with E-state index in [1.54, 1.807) is 6.92 Å². The molecule has 96 valence electrons. The summed E-state index contributed by atoms with van der Waals surface area (Å²) < 4.78 is 5.67. The number of hydrogen-bond donors (Lipinski definition) is 1. The van der Waals surface area contributed by atoms with Crippen LogP contribution in [0.2, 0.25) is 0 Å². The molecule has 0 heterocycles. The van der Waals surface area contributed by atoms with Crippen molar-refractivity contribution >= 4 is 0 Å². The van der Waals surface area contributed by atoms with E-state index in [4.69, 9.17) is 4.74 Å². The van der Waals surface area contributed by atoms with Crippen LogP contribution in [0.15, 0.2) is 54.6 Å². The molecule has 19 heavy (non-hydrogen) atoms. The zero-order valence-electron chi connectivity index (χ0n) is 10.8. The molecule has 2 nitrogen and oxygen atoms in total. The van der Waals surface area contributed by atoms with E-state index < -0.39 is 6.10 Å². The number of hydrogen-bond acceptors (Lipinski definition) is 2. The standard InChI is InChI=1S/C17H16O2/c1-2-6-17(18)15-9-11-16(12-10-15)19-13-14-7-4-3-5-8-14/h3-5,7-12,17-18H,13H2,1H3. The second-order valence-corrected chi connectivity index (χ2v) is 4.14. The van der Waals surface area contributed by atoms with Gasteiger partial charge >= 0.3 is 0 Å². The van der Waals surface area contributed by atoms with Gasteiger partial charge in [0, 0.05) is 0 Å². The van der Waals surface area contributed by atoms with Crippen LogP contribution < -0.4 is 4.74 Å². The highest BCUT2D eigenvalue weighted by molar-refractivity contribution is 5.31. The minimum Gasteiger partial charge on any atom is -0.489 e. The molecule has 0 spiro atoms. The SMILES string of the molecule is CC#CC(O)c1ccc(OCc2ccccc2)cc1. The van der Waals surface area contributed by atoms with Gasteiger partial charge in [-0.2, -0.15) is 0 Å². The van der Waals surface area contributed by atoms with Crippen molar-refractivity contribution in [2.75, 3.05) is 0 Å². The summed E-state index contributed by atoms with van der Waals surface area (Å²) in [4.78, 5) is 0. The van der Waals surface area contributed by atoms with Gasteiger partial charge in [0.05, 0.1) is 0 Å². The van der Waals surface area contributed by atoms with E-state index in [9.17, 15) is 5.11 Å². The fourth-order valence-corrected chi connectivity index (χ4v) is 1.71. The molecule has 0 aliphatic heterocycles. The third-order valence-corrected chi connectivity index (χ3v) is 2.73. The van der Waals surface area contributed by atoms with Crippen molar-refractivity contribution in [1.29, 1.82) is 0 Å². The molecule has 0 amide bonds. The Labute approximate surface area is 113 Å². The molecule has 2 heteroatoms. The quantitative estimate of drug-likeness (QED) is 0.846. The van der Waals surface area contributed by atoms with Crippen molar-refractivity contribution in [1.82, 2.24) is 0 Å². The molecule has 0 saturated heterocycles. The first-order valence-corrected chi connectivity index (χ1v) is 6.16. The lowest BCUT2D eigenvalue weighted by Crippen LogP contribution is -1.96. The van der Waals surface area contributed by atoms with Gasteiger partial charge in [-0.05, 0) is 30.2 Å². The maximum Gasteiger partial charge on any atom is 0.140 e. The van der Waals surface area contributed by atoms with E-state index in [-0.39, 0.29) is 0 Å². The van der Waals surface area contributed by atoms with Gasteiger partial charge in [0.15, 0.2) is 0 Å². The number of aliphatic hydroxyl groups is 1. The zero-order chi connectivity index (χ0) is 13.5. The Bertz CT molecular complexity index is 562. The van der Waals surface area contributed by atoms with Crippen LogP contribution in [0.25, 0.3) is 0 Å². The van der Waals surface area contributed by atoms with Gasteiger partial charge in [-0.15, -0.1) is 5.92 Å².